The summed E-state index contributed by atoms with van der Waals surface area (Å²) in [6, 6.07) is 8.12. The van der Waals surface area contributed by atoms with Crippen molar-refractivity contribution in [3.63, 3.8) is 0 Å². The molecule has 0 bridgehead atoms. The van der Waals surface area contributed by atoms with Gasteiger partial charge in [0.25, 0.3) is 0 Å². The minimum Gasteiger partial charge on any atom is -0.497 e. The average Bonchev–Trinajstić information content (AvgIpc) is 3.00. The Morgan fingerprint density at radius 1 is 1.33 bits per heavy atom. The number of nitrogens with one attached hydrogen (secondary N) is 1. The number of hydroxylamine groups is 1. The van der Waals surface area contributed by atoms with Crippen molar-refractivity contribution in [3.8, 4) is 5.75 Å². The molecule has 1 saturated carbocycles. The molecule has 1 aliphatic rings. The SMILES string of the molecule is CNCCCN(OC1CCCC1)Sc1cccc(OC)c1. The fourth-order valence-corrected chi connectivity index (χ4v) is 3.37. The van der Waals surface area contributed by atoms with Gasteiger partial charge in [-0.25, -0.2) is 0 Å². The minimum atomic E-state index is 0.387. The van der Waals surface area contributed by atoms with Crippen molar-refractivity contribution >= 4 is 11.9 Å². The molecular weight excluding hydrogens is 284 g/mol. The lowest BCUT2D eigenvalue weighted by Crippen LogP contribution is -2.25. The summed E-state index contributed by atoms with van der Waals surface area (Å²) in [6.07, 6.45) is 6.40. The van der Waals surface area contributed by atoms with E-state index >= 15 is 0 Å². The van der Waals surface area contributed by atoms with E-state index in [0.717, 1.165) is 30.2 Å². The number of hydrogen-bond acceptors (Lipinski definition) is 5. The molecule has 1 aromatic carbocycles. The zero-order valence-corrected chi connectivity index (χ0v) is 13.8. The summed E-state index contributed by atoms with van der Waals surface area (Å²) >= 11 is 1.66. The monoisotopic (exact) mass is 310 g/mol. The number of methoxy groups -OCH3 is 1. The van der Waals surface area contributed by atoms with E-state index in [4.69, 9.17) is 9.57 Å². The van der Waals surface area contributed by atoms with Gasteiger partial charge in [0.05, 0.1) is 13.2 Å². The molecule has 1 N–H and O–H groups in total. The highest BCUT2D eigenvalue weighted by atomic mass is 32.2. The second-order valence-corrected chi connectivity index (χ2v) is 6.36. The molecule has 4 nitrogen and oxygen atoms in total. The molecule has 0 amide bonds. The third-order valence-corrected chi connectivity index (χ3v) is 4.52. The van der Waals surface area contributed by atoms with Crippen molar-refractivity contribution in [2.75, 3.05) is 27.2 Å². The summed E-state index contributed by atoms with van der Waals surface area (Å²) in [5.74, 6) is 0.885. The highest BCUT2D eigenvalue weighted by Gasteiger charge is 2.20. The van der Waals surface area contributed by atoms with Gasteiger partial charge in [0, 0.05) is 11.4 Å². The fraction of sp³-hybridized carbons (Fsp3) is 0.625. The van der Waals surface area contributed by atoms with Crippen molar-refractivity contribution in [2.45, 2.75) is 43.1 Å². The van der Waals surface area contributed by atoms with Crippen LogP contribution in [-0.4, -0.2) is 37.8 Å². The number of ether oxygens (including phenoxy) is 1. The summed E-state index contributed by atoms with van der Waals surface area (Å²) in [5.41, 5.74) is 0. The van der Waals surface area contributed by atoms with Gasteiger partial charge >= 0.3 is 0 Å². The van der Waals surface area contributed by atoms with E-state index in [0.29, 0.717) is 6.10 Å². The lowest BCUT2D eigenvalue weighted by molar-refractivity contribution is -0.122. The molecule has 0 radical (unpaired) electrons. The first kappa shape index (κ1) is 16.6. The van der Waals surface area contributed by atoms with Crippen LogP contribution in [0.4, 0.5) is 0 Å². The Morgan fingerprint density at radius 2 is 2.14 bits per heavy atom. The van der Waals surface area contributed by atoms with Crippen molar-refractivity contribution < 1.29 is 9.57 Å². The lowest BCUT2D eigenvalue weighted by Gasteiger charge is -2.24. The summed E-state index contributed by atoms with van der Waals surface area (Å²) in [4.78, 5) is 7.31. The minimum absolute atomic E-state index is 0.387. The summed E-state index contributed by atoms with van der Waals surface area (Å²) in [6.45, 7) is 1.92. The predicted molar refractivity (Wildman–Crippen MR) is 87.4 cm³/mol. The molecule has 1 aromatic rings. The van der Waals surface area contributed by atoms with Crippen LogP contribution in [0.2, 0.25) is 0 Å². The quantitative estimate of drug-likeness (QED) is 0.429. The smallest absolute Gasteiger partial charge is 0.120 e. The van der Waals surface area contributed by atoms with Gasteiger partial charge in [0.2, 0.25) is 0 Å². The van der Waals surface area contributed by atoms with Gasteiger partial charge in [-0.3, -0.25) is 4.84 Å². The van der Waals surface area contributed by atoms with Crippen LogP contribution in [0.5, 0.6) is 5.75 Å². The fourth-order valence-electron chi connectivity index (χ4n) is 2.44. The van der Waals surface area contributed by atoms with Gasteiger partial charge in [0.15, 0.2) is 0 Å². The molecule has 5 heteroatoms. The first-order valence-electron chi connectivity index (χ1n) is 7.72. The zero-order chi connectivity index (χ0) is 14.9. The van der Waals surface area contributed by atoms with Crippen molar-refractivity contribution in [1.29, 1.82) is 0 Å². The van der Waals surface area contributed by atoms with Crippen molar-refractivity contribution in [2.24, 2.45) is 0 Å². The van der Waals surface area contributed by atoms with Crippen LogP contribution < -0.4 is 10.1 Å². The molecule has 0 saturated heterocycles. The standard InChI is InChI=1S/C16H26N2O2S/c1-17-11-6-12-18(20-14-7-3-4-8-14)21-16-10-5-9-15(13-16)19-2/h5,9-10,13-14,17H,3-4,6-8,11-12H2,1-2H3. The van der Waals surface area contributed by atoms with Gasteiger partial charge in [-0.1, -0.05) is 18.9 Å². The van der Waals surface area contributed by atoms with Crippen LogP contribution in [0, 0.1) is 0 Å². The molecule has 0 atom stereocenters. The molecule has 0 aromatic heterocycles. The Labute approximate surface area is 132 Å². The van der Waals surface area contributed by atoms with Crippen LogP contribution in [0.1, 0.15) is 32.1 Å². The highest BCUT2D eigenvalue weighted by molar-refractivity contribution is 7.96. The van der Waals surface area contributed by atoms with Gasteiger partial charge < -0.3 is 10.1 Å². The van der Waals surface area contributed by atoms with E-state index in [1.807, 2.05) is 29.7 Å². The number of hydrogen-bond donors (Lipinski definition) is 1. The lowest BCUT2D eigenvalue weighted by atomic mass is 10.3. The van der Waals surface area contributed by atoms with Crippen LogP contribution >= 0.6 is 11.9 Å². The summed E-state index contributed by atoms with van der Waals surface area (Å²) in [5, 5.41) is 3.19. The first-order chi connectivity index (χ1) is 10.3. The third-order valence-electron chi connectivity index (χ3n) is 3.58. The molecule has 0 unspecified atom stereocenters. The topological polar surface area (TPSA) is 33.7 Å². The molecular formula is C16H26N2O2S. The van der Waals surface area contributed by atoms with E-state index in [1.54, 1.807) is 19.1 Å². The van der Waals surface area contributed by atoms with Crippen molar-refractivity contribution in [1.82, 2.24) is 9.79 Å². The highest BCUT2D eigenvalue weighted by Crippen LogP contribution is 2.30. The van der Waals surface area contributed by atoms with Crippen LogP contribution in [0.15, 0.2) is 29.2 Å². The van der Waals surface area contributed by atoms with E-state index in [9.17, 15) is 0 Å². The first-order valence-corrected chi connectivity index (χ1v) is 8.50. The zero-order valence-electron chi connectivity index (χ0n) is 13.0. The summed E-state index contributed by atoms with van der Waals surface area (Å²) < 4.78 is 7.33. The van der Waals surface area contributed by atoms with Gasteiger partial charge in [0.1, 0.15) is 5.75 Å². The Bertz CT molecular complexity index is 411. The maximum absolute atomic E-state index is 6.16. The Kier molecular flexibility index (Phi) is 7.36. The maximum Gasteiger partial charge on any atom is 0.120 e. The molecule has 1 fully saturated rings. The number of benzene rings is 1. The third kappa shape index (κ3) is 5.87. The van der Waals surface area contributed by atoms with Crippen molar-refractivity contribution in [3.05, 3.63) is 24.3 Å². The molecule has 21 heavy (non-hydrogen) atoms. The van der Waals surface area contributed by atoms with E-state index in [-0.39, 0.29) is 0 Å². The second-order valence-electron chi connectivity index (χ2n) is 5.30. The molecule has 118 valence electrons. The van der Waals surface area contributed by atoms with Crippen LogP contribution in [0.3, 0.4) is 0 Å². The largest absolute Gasteiger partial charge is 0.497 e. The Hall–Kier alpha value is -0.750. The summed E-state index contributed by atoms with van der Waals surface area (Å²) in [7, 11) is 3.68. The van der Waals surface area contributed by atoms with E-state index in [2.05, 4.69) is 11.4 Å². The molecule has 0 heterocycles. The average molecular weight is 310 g/mol. The van der Waals surface area contributed by atoms with E-state index < -0.39 is 0 Å². The predicted octanol–water partition coefficient (Wildman–Crippen LogP) is 3.49. The second kappa shape index (κ2) is 9.30. The van der Waals surface area contributed by atoms with E-state index in [1.165, 1.54) is 25.7 Å². The molecule has 0 spiro atoms. The van der Waals surface area contributed by atoms with Gasteiger partial charge in [-0.2, -0.15) is 0 Å². The maximum atomic E-state index is 6.16. The van der Waals surface area contributed by atoms with Gasteiger partial charge in [-0.15, -0.1) is 4.47 Å². The number of nitrogens with zero attached hydrogens (tertiary/aromatic N) is 1. The number of rotatable bonds is 9. The van der Waals surface area contributed by atoms with Crippen LogP contribution in [-0.2, 0) is 4.84 Å². The Morgan fingerprint density at radius 3 is 2.86 bits per heavy atom. The normalized spacial score (nSPS) is 15.8. The molecule has 0 aliphatic heterocycles. The van der Waals surface area contributed by atoms with Crippen LogP contribution in [0.25, 0.3) is 0 Å². The van der Waals surface area contributed by atoms with Gasteiger partial charge in [-0.05, 0) is 63.0 Å². The Balaban J connectivity index is 1.92. The molecule has 2 rings (SSSR count). The molecule has 1 aliphatic carbocycles.